The molecule has 1 atom stereocenters. The van der Waals surface area contributed by atoms with Crippen molar-refractivity contribution in [2.75, 3.05) is 13.2 Å². The van der Waals surface area contributed by atoms with Gasteiger partial charge in [0.2, 0.25) is 5.91 Å². The van der Waals surface area contributed by atoms with Gasteiger partial charge >= 0.3 is 0 Å². The fourth-order valence-electron chi connectivity index (χ4n) is 2.77. The van der Waals surface area contributed by atoms with Crippen LogP contribution in [0, 0.1) is 5.92 Å². The number of carbonyl (C=O) groups excluding carboxylic acids is 1. The summed E-state index contributed by atoms with van der Waals surface area (Å²) in [7, 11) is 0. The van der Waals surface area contributed by atoms with Crippen molar-refractivity contribution in [1.82, 2.24) is 14.9 Å². The molecule has 0 aliphatic carbocycles. The number of ether oxygens (including phenoxy) is 1. The van der Waals surface area contributed by atoms with Gasteiger partial charge in [0, 0.05) is 38.1 Å². The van der Waals surface area contributed by atoms with Crippen LogP contribution in [0.15, 0.2) is 49.1 Å². The molecule has 0 spiro atoms. The summed E-state index contributed by atoms with van der Waals surface area (Å²) in [5, 5.41) is 3.20. The highest BCUT2D eigenvalue weighted by Gasteiger charge is 2.24. The Bertz CT molecular complexity index is 577. The van der Waals surface area contributed by atoms with Crippen LogP contribution in [0.3, 0.4) is 0 Å². The summed E-state index contributed by atoms with van der Waals surface area (Å²) in [6.45, 7) is 2.03. The van der Waals surface area contributed by atoms with Gasteiger partial charge in [0.1, 0.15) is 0 Å². The highest BCUT2D eigenvalue weighted by molar-refractivity contribution is 5.79. The summed E-state index contributed by atoms with van der Waals surface area (Å²) >= 11 is 0. The third-order valence-corrected chi connectivity index (χ3v) is 4.06. The smallest absolute Gasteiger partial charge is 0.223 e. The summed E-state index contributed by atoms with van der Waals surface area (Å²) in [5.74, 6) is 0.181. The summed E-state index contributed by atoms with van der Waals surface area (Å²) in [4.78, 5) is 16.6. The Morgan fingerprint density at radius 3 is 2.77 bits per heavy atom. The number of carbonyl (C=O) groups is 1. The van der Waals surface area contributed by atoms with Gasteiger partial charge < -0.3 is 14.6 Å². The predicted octanol–water partition coefficient (Wildman–Crippen LogP) is 2.17. The van der Waals surface area contributed by atoms with E-state index >= 15 is 0 Å². The molecule has 22 heavy (non-hydrogen) atoms. The number of imidazole rings is 1. The van der Waals surface area contributed by atoms with E-state index in [1.54, 1.807) is 12.5 Å². The van der Waals surface area contributed by atoms with Gasteiger partial charge in [-0.1, -0.05) is 30.3 Å². The van der Waals surface area contributed by atoms with Crippen LogP contribution in [0.25, 0.3) is 0 Å². The van der Waals surface area contributed by atoms with E-state index in [1.807, 2.05) is 41.1 Å². The maximum Gasteiger partial charge on any atom is 0.223 e. The van der Waals surface area contributed by atoms with Crippen LogP contribution in [0.5, 0.6) is 0 Å². The van der Waals surface area contributed by atoms with E-state index in [4.69, 9.17) is 4.74 Å². The van der Waals surface area contributed by atoms with Crippen molar-refractivity contribution in [2.45, 2.75) is 25.4 Å². The van der Waals surface area contributed by atoms with Crippen molar-refractivity contribution in [3.8, 4) is 0 Å². The minimum Gasteiger partial charge on any atom is -0.381 e. The quantitative estimate of drug-likeness (QED) is 0.920. The van der Waals surface area contributed by atoms with Gasteiger partial charge in [-0.3, -0.25) is 4.79 Å². The van der Waals surface area contributed by atoms with Crippen LogP contribution in [0.1, 0.15) is 24.4 Å². The molecular formula is C17H21N3O2. The molecule has 5 nitrogen and oxygen atoms in total. The molecule has 3 rings (SSSR count). The second-order valence-corrected chi connectivity index (χ2v) is 5.62. The van der Waals surface area contributed by atoms with E-state index in [1.165, 1.54) is 0 Å². The molecule has 1 aromatic carbocycles. The highest BCUT2D eigenvalue weighted by Crippen LogP contribution is 2.19. The van der Waals surface area contributed by atoms with Gasteiger partial charge in [-0.2, -0.15) is 0 Å². The zero-order valence-corrected chi connectivity index (χ0v) is 12.5. The van der Waals surface area contributed by atoms with Crippen molar-refractivity contribution < 1.29 is 9.53 Å². The summed E-state index contributed by atoms with van der Waals surface area (Å²) in [6.07, 6.45) is 7.05. The number of nitrogens with zero attached hydrogens (tertiary/aromatic N) is 2. The third kappa shape index (κ3) is 3.74. The number of rotatable bonds is 5. The van der Waals surface area contributed by atoms with Crippen molar-refractivity contribution in [3.05, 3.63) is 54.6 Å². The molecule has 1 saturated heterocycles. The zero-order chi connectivity index (χ0) is 15.2. The van der Waals surface area contributed by atoms with E-state index in [2.05, 4.69) is 10.3 Å². The first-order valence-electron chi connectivity index (χ1n) is 7.72. The first-order chi connectivity index (χ1) is 10.8. The predicted molar refractivity (Wildman–Crippen MR) is 83.1 cm³/mol. The van der Waals surface area contributed by atoms with Crippen LogP contribution in [-0.2, 0) is 16.1 Å². The van der Waals surface area contributed by atoms with E-state index < -0.39 is 0 Å². The van der Waals surface area contributed by atoms with Gasteiger partial charge in [0.05, 0.1) is 12.4 Å². The van der Waals surface area contributed by atoms with Gasteiger partial charge in [-0.25, -0.2) is 4.98 Å². The Morgan fingerprint density at radius 1 is 1.32 bits per heavy atom. The van der Waals surface area contributed by atoms with E-state index in [0.29, 0.717) is 19.8 Å². The van der Waals surface area contributed by atoms with Crippen molar-refractivity contribution >= 4 is 5.91 Å². The second kappa shape index (κ2) is 7.22. The average molecular weight is 299 g/mol. The fourth-order valence-corrected chi connectivity index (χ4v) is 2.77. The monoisotopic (exact) mass is 299 g/mol. The number of hydrogen-bond acceptors (Lipinski definition) is 3. The largest absolute Gasteiger partial charge is 0.381 e. The number of amides is 1. The summed E-state index contributed by atoms with van der Waals surface area (Å²) in [5.41, 5.74) is 1.11. The summed E-state index contributed by atoms with van der Waals surface area (Å²) in [6, 6.07) is 10.0. The lowest BCUT2D eigenvalue weighted by molar-refractivity contribution is -0.128. The van der Waals surface area contributed by atoms with Crippen LogP contribution in [-0.4, -0.2) is 28.7 Å². The van der Waals surface area contributed by atoms with Crippen molar-refractivity contribution in [2.24, 2.45) is 5.92 Å². The van der Waals surface area contributed by atoms with E-state index in [0.717, 1.165) is 18.4 Å². The number of aromatic nitrogens is 2. The molecule has 5 heteroatoms. The third-order valence-electron chi connectivity index (χ3n) is 4.06. The maximum atomic E-state index is 12.5. The van der Waals surface area contributed by atoms with Crippen LogP contribution in [0.2, 0.25) is 0 Å². The average Bonchev–Trinajstić information content (AvgIpc) is 3.09. The molecule has 1 aliphatic rings. The molecular weight excluding hydrogens is 278 g/mol. The standard InChI is InChI=1S/C17H21N3O2/c21-17(15-6-10-22-11-7-15)19-16(12-20-9-8-18-13-20)14-4-2-1-3-5-14/h1-5,8-9,13,15-16H,6-7,10-12H2,(H,19,21). The molecule has 1 aromatic heterocycles. The SMILES string of the molecule is O=C(NC(Cn1ccnc1)c1ccccc1)C1CCOCC1. The minimum absolute atomic E-state index is 0.0502. The molecule has 1 amide bonds. The highest BCUT2D eigenvalue weighted by atomic mass is 16.5. The molecule has 2 aromatic rings. The first kappa shape index (κ1) is 14.8. The molecule has 116 valence electrons. The van der Waals surface area contributed by atoms with Crippen LogP contribution in [0.4, 0.5) is 0 Å². The normalized spacial score (nSPS) is 17.1. The molecule has 1 N–H and O–H groups in total. The molecule has 1 unspecified atom stereocenters. The van der Waals surface area contributed by atoms with Crippen molar-refractivity contribution in [3.63, 3.8) is 0 Å². The molecule has 1 aliphatic heterocycles. The maximum absolute atomic E-state index is 12.5. The lowest BCUT2D eigenvalue weighted by Crippen LogP contribution is -2.38. The minimum atomic E-state index is -0.0502. The van der Waals surface area contributed by atoms with Gasteiger partial charge in [-0.15, -0.1) is 0 Å². The molecule has 0 bridgehead atoms. The van der Waals surface area contributed by atoms with Crippen molar-refractivity contribution in [1.29, 1.82) is 0 Å². The Balaban J connectivity index is 1.71. The Labute approximate surface area is 130 Å². The number of nitrogens with one attached hydrogen (secondary N) is 1. The van der Waals surface area contributed by atoms with Crippen LogP contribution < -0.4 is 5.32 Å². The van der Waals surface area contributed by atoms with Gasteiger partial charge in [0.25, 0.3) is 0 Å². The topological polar surface area (TPSA) is 56.2 Å². The Morgan fingerprint density at radius 2 is 2.09 bits per heavy atom. The lowest BCUT2D eigenvalue weighted by atomic mass is 9.98. The van der Waals surface area contributed by atoms with E-state index in [9.17, 15) is 4.79 Å². The van der Waals surface area contributed by atoms with Gasteiger partial charge in [-0.05, 0) is 18.4 Å². The summed E-state index contributed by atoms with van der Waals surface area (Å²) < 4.78 is 7.32. The molecule has 1 fully saturated rings. The second-order valence-electron chi connectivity index (χ2n) is 5.62. The molecule has 2 heterocycles. The van der Waals surface area contributed by atoms with Gasteiger partial charge in [0.15, 0.2) is 0 Å². The zero-order valence-electron chi connectivity index (χ0n) is 12.5. The number of benzene rings is 1. The fraction of sp³-hybridized carbons (Fsp3) is 0.412. The Hall–Kier alpha value is -2.14. The number of hydrogen-bond donors (Lipinski definition) is 1. The first-order valence-corrected chi connectivity index (χ1v) is 7.72. The molecule has 0 radical (unpaired) electrons. The Kier molecular flexibility index (Phi) is 4.85. The van der Waals surface area contributed by atoms with E-state index in [-0.39, 0.29) is 17.9 Å². The lowest BCUT2D eigenvalue weighted by Gasteiger charge is -2.25. The molecule has 0 saturated carbocycles. The van der Waals surface area contributed by atoms with Crippen LogP contribution >= 0.6 is 0 Å².